The molecule has 3 aromatic rings. The van der Waals surface area contributed by atoms with Gasteiger partial charge in [0.2, 0.25) is 0 Å². The Bertz CT molecular complexity index is 896. The number of nitro groups is 1. The van der Waals surface area contributed by atoms with Gasteiger partial charge < -0.3 is 0 Å². The zero-order chi connectivity index (χ0) is 15.8. The summed E-state index contributed by atoms with van der Waals surface area (Å²) in [5.74, 6) is 0. The van der Waals surface area contributed by atoms with E-state index in [1.54, 1.807) is 12.1 Å². The average Bonchev–Trinajstić information content (AvgIpc) is 2.90. The predicted molar refractivity (Wildman–Crippen MR) is 90.3 cm³/mol. The summed E-state index contributed by atoms with van der Waals surface area (Å²) >= 11 is 0. The molecule has 0 unspecified atom stereocenters. The first-order valence-electron chi connectivity index (χ1n) is 7.26. The number of hydrogen-bond acceptors (Lipinski definition) is 3. The molecular weight excluding hydrogens is 288 g/mol. The number of benzene rings is 3. The second kappa shape index (κ2) is 5.18. The minimum absolute atomic E-state index is 0.0705. The first-order chi connectivity index (χ1) is 11.2. The van der Waals surface area contributed by atoms with Crippen molar-refractivity contribution >= 4 is 17.1 Å². The van der Waals surface area contributed by atoms with Crippen LogP contribution in [0.3, 0.4) is 0 Å². The molecule has 4 heteroatoms. The SMILES string of the molecule is O=[N+]([O-])c1ccc(N=C2c3ccccc3-c3ccccc32)cc1. The van der Waals surface area contributed by atoms with Gasteiger partial charge in [-0.05, 0) is 23.3 Å². The predicted octanol–water partition coefficient (Wildman–Crippen LogP) is 4.74. The van der Waals surface area contributed by atoms with Crippen molar-refractivity contribution in [3.63, 3.8) is 0 Å². The first-order valence-corrected chi connectivity index (χ1v) is 7.26. The van der Waals surface area contributed by atoms with E-state index in [2.05, 4.69) is 24.3 Å². The first kappa shape index (κ1) is 13.4. The molecule has 1 aliphatic rings. The minimum Gasteiger partial charge on any atom is -0.258 e. The van der Waals surface area contributed by atoms with Crippen LogP contribution in [0.25, 0.3) is 11.1 Å². The third kappa shape index (κ3) is 2.21. The summed E-state index contributed by atoms with van der Waals surface area (Å²) in [6, 6.07) is 22.6. The van der Waals surface area contributed by atoms with E-state index in [4.69, 9.17) is 4.99 Å². The number of hydrogen-bond donors (Lipinski definition) is 0. The highest BCUT2D eigenvalue weighted by Gasteiger charge is 2.23. The second-order valence-electron chi connectivity index (χ2n) is 5.33. The van der Waals surface area contributed by atoms with Gasteiger partial charge in [-0.1, -0.05) is 48.5 Å². The van der Waals surface area contributed by atoms with Crippen molar-refractivity contribution < 1.29 is 4.92 Å². The summed E-state index contributed by atoms with van der Waals surface area (Å²) in [5.41, 5.74) is 6.20. The fourth-order valence-corrected chi connectivity index (χ4v) is 2.89. The zero-order valence-corrected chi connectivity index (χ0v) is 12.1. The summed E-state index contributed by atoms with van der Waals surface area (Å²) in [6.45, 7) is 0. The lowest BCUT2D eigenvalue weighted by atomic mass is 10.1. The fourth-order valence-electron chi connectivity index (χ4n) is 2.89. The van der Waals surface area contributed by atoms with Crippen LogP contribution in [-0.4, -0.2) is 10.6 Å². The van der Waals surface area contributed by atoms with Crippen molar-refractivity contribution in [1.29, 1.82) is 0 Å². The van der Waals surface area contributed by atoms with Gasteiger partial charge in [0.1, 0.15) is 0 Å². The Morgan fingerprint density at radius 1 is 0.696 bits per heavy atom. The summed E-state index contributed by atoms with van der Waals surface area (Å²) in [4.78, 5) is 15.1. The quantitative estimate of drug-likeness (QED) is 0.396. The van der Waals surface area contributed by atoms with Crippen LogP contribution in [0.2, 0.25) is 0 Å². The molecule has 0 saturated heterocycles. The van der Waals surface area contributed by atoms with Crippen molar-refractivity contribution in [3.05, 3.63) is 94.0 Å². The van der Waals surface area contributed by atoms with Crippen molar-refractivity contribution in [3.8, 4) is 11.1 Å². The molecule has 4 rings (SSSR count). The number of aliphatic imine (C=N–C) groups is 1. The van der Waals surface area contributed by atoms with Gasteiger partial charge in [-0.15, -0.1) is 0 Å². The lowest BCUT2D eigenvalue weighted by molar-refractivity contribution is -0.384. The van der Waals surface area contributed by atoms with E-state index in [9.17, 15) is 10.1 Å². The van der Waals surface area contributed by atoms with Crippen LogP contribution in [0.5, 0.6) is 0 Å². The van der Waals surface area contributed by atoms with Crippen molar-refractivity contribution in [2.45, 2.75) is 0 Å². The van der Waals surface area contributed by atoms with Crippen molar-refractivity contribution in [1.82, 2.24) is 0 Å². The lowest BCUT2D eigenvalue weighted by Gasteiger charge is -2.02. The Labute approximate surface area is 132 Å². The molecule has 0 spiro atoms. The Morgan fingerprint density at radius 2 is 1.17 bits per heavy atom. The standard InChI is InChI=1S/C19H12N2O2/c22-21(23)14-11-9-13(10-12-14)20-19-17-7-3-1-5-15(17)16-6-2-4-8-18(16)19/h1-12H. The van der Waals surface area contributed by atoms with E-state index in [1.165, 1.54) is 23.3 Å². The van der Waals surface area contributed by atoms with Crippen molar-refractivity contribution in [2.24, 2.45) is 4.99 Å². The van der Waals surface area contributed by atoms with E-state index in [0.29, 0.717) is 5.69 Å². The van der Waals surface area contributed by atoms with Crippen LogP contribution in [0.4, 0.5) is 11.4 Å². The van der Waals surface area contributed by atoms with Gasteiger partial charge in [0.15, 0.2) is 0 Å². The van der Waals surface area contributed by atoms with Gasteiger partial charge in [0.25, 0.3) is 5.69 Å². The Balaban J connectivity index is 1.86. The lowest BCUT2D eigenvalue weighted by Crippen LogP contribution is -1.97. The third-order valence-electron chi connectivity index (χ3n) is 3.96. The summed E-state index contributed by atoms with van der Waals surface area (Å²) in [7, 11) is 0. The molecule has 0 bridgehead atoms. The minimum atomic E-state index is -0.406. The van der Waals surface area contributed by atoms with Crippen LogP contribution in [0.1, 0.15) is 11.1 Å². The molecule has 0 radical (unpaired) electrons. The van der Waals surface area contributed by atoms with Gasteiger partial charge in [-0.25, -0.2) is 4.99 Å². The highest BCUT2D eigenvalue weighted by atomic mass is 16.6. The number of rotatable bonds is 2. The van der Waals surface area contributed by atoms with E-state index < -0.39 is 4.92 Å². The highest BCUT2D eigenvalue weighted by molar-refractivity contribution is 6.25. The molecule has 23 heavy (non-hydrogen) atoms. The molecule has 0 heterocycles. The molecule has 0 saturated carbocycles. The van der Waals surface area contributed by atoms with Crippen LogP contribution in [-0.2, 0) is 0 Å². The van der Waals surface area contributed by atoms with E-state index >= 15 is 0 Å². The number of nitrogens with zero attached hydrogens (tertiary/aromatic N) is 2. The average molecular weight is 300 g/mol. The van der Waals surface area contributed by atoms with Gasteiger partial charge >= 0.3 is 0 Å². The molecule has 110 valence electrons. The molecule has 0 N–H and O–H groups in total. The monoisotopic (exact) mass is 300 g/mol. The normalized spacial score (nSPS) is 11.7. The molecule has 4 nitrogen and oxygen atoms in total. The second-order valence-corrected chi connectivity index (χ2v) is 5.33. The molecule has 0 aliphatic heterocycles. The van der Waals surface area contributed by atoms with E-state index in [1.807, 2.05) is 24.3 Å². The summed E-state index contributed by atoms with van der Waals surface area (Å²) < 4.78 is 0. The molecule has 1 aliphatic carbocycles. The topological polar surface area (TPSA) is 55.5 Å². The summed E-state index contributed by atoms with van der Waals surface area (Å²) in [6.07, 6.45) is 0. The Morgan fingerprint density at radius 3 is 1.65 bits per heavy atom. The fraction of sp³-hybridized carbons (Fsp3) is 0. The molecule has 0 fully saturated rings. The number of non-ortho nitro benzene ring substituents is 1. The van der Waals surface area contributed by atoms with Crippen LogP contribution >= 0.6 is 0 Å². The third-order valence-corrected chi connectivity index (χ3v) is 3.96. The van der Waals surface area contributed by atoms with Gasteiger partial charge in [-0.3, -0.25) is 10.1 Å². The van der Waals surface area contributed by atoms with E-state index in [-0.39, 0.29) is 5.69 Å². The van der Waals surface area contributed by atoms with Gasteiger partial charge in [0, 0.05) is 23.3 Å². The maximum Gasteiger partial charge on any atom is 0.269 e. The number of nitro benzene ring substituents is 1. The zero-order valence-electron chi connectivity index (χ0n) is 12.1. The van der Waals surface area contributed by atoms with Gasteiger partial charge in [-0.2, -0.15) is 0 Å². The van der Waals surface area contributed by atoms with Crippen molar-refractivity contribution in [2.75, 3.05) is 0 Å². The molecule has 0 atom stereocenters. The number of fused-ring (bicyclic) bond motifs is 3. The van der Waals surface area contributed by atoms with Crippen LogP contribution < -0.4 is 0 Å². The smallest absolute Gasteiger partial charge is 0.258 e. The molecule has 0 aromatic heterocycles. The van der Waals surface area contributed by atoms with Crippen LogP contribution in [0, 0.1) is 10.1 Å². The van der Waals surface area contributed by atoms with Crippen LogP contribution in [0.15, 0.2) is 77.8 Å². The summed E-state index contributed by atoms with van der Waals surface area (Å²) in [5, 5.41) is 10.8. The largest absolute Gasteiger partial charge is 0.269 e. The molecular formula is C19H12N2O2. The molecule has 3 aromatic carbocycles. The maximum absolute atomic E-state index is 10.8. The van der Waals surface area contributed by atoms with E-state index in [0.717, 1.165) is 16.8 Å². The molecule has 0 amide bonds. The Kier molecular flexibility index (Phi) is 3.01. The Hall–Kier alpha value is -3.27. The highest BCUT2D eigenvalue weighted by Crippen LogP contribution is 2.37. The maximum atomic E-state index is 10.8. The van der Waals surface area contributed by atoms with Gasteiger partial charge in [0.05, 0.1) is 16.3 Å².